The predicted molar refractivity (Wildman–Crippen MR) is 98.6 cm³/mol. The second-order valence-electron chi connectivity index (χ2n) is 5.87. The largest absolute Gasteiger partial charge is 0.467 e. The van der Waals surface area contributed by atoms with Gasteiger partial charge >= 0.3 is 12.1 Å². The number of nitrogens with one attached hydrogen (secondary N) is 2. The predicted octanol–water partition coefficient (Wildman–Crippen LogP) is 1.29. The maximum Gasteiger partial charge on any atom is 0.408 e. The lowest BCUT2D eigenvalue weighted by atomic mass is 10.1. The van der Waals surface area contributed by atoms with Crippen molar-refractivity contribution in [3.63, 3.8) is 0 Å². The van der Waals surface area contributed by atoms with Crippen molar-refractivity contribution in [1.29, 1.82) is 0 Å². The quantitative estimate of drug-likeness (QED) is 0.418. The lowest BCUT2D eigenvalue weighted by molar-refractivity contribution is -0.145. The SMILES string of the molecule is C=CCC[C@@H](NC(=O)[C@@H](NC(=O)OCc1ccccc1)[C@@H](C)O)C(=O)OC. The van der Waals surface area contributed by atoms with Crippen LogP contribution in [0.2, 0.25) is 0 Å². The molecule has 1 rings (SSSR count). The lowest BCUT2D eigenvalue weighted by Gasteiger charge is -2.23. The number of carbonyl (C=O) groups excluding carboxylic acids is 3. The van der Waals surface area contributed by atoms with Crippen LogP contribution in [0.1, 0.15) is 25.3 Å². The highest BCUT2D eigenvalue weighted by Crippen LogP contribution is 2.04. The molecule has 3 atom stereocenters. The molecule has 0 aliphatic carbocycles. The van der Waals surface area contributed by atoms with Gasteiger partial charge in [0.2, 0.25) is 5.91 Å². The number of allylic oxidation sites excluding steroid dienone is 1. The zero-order chi connectivity index (χ0) is 20.2. The van der Waals surface area contributed by atoms with Crippen molar-refractivity contribution in [3.8, 4) is 0 Å². The molecule has 3 N–H and O–H groups in total. The summed E-state index contributed by atoms with van der Waals surface area (Å²) in [5.41, 5.74) is 0.779. The lowest BCUT2D eigenvalue weighted by Crippen LogP contribution is -2.55. The van der Waals surface area contributed by atoms with Crippen LogP contribution >= 0.6 is 0 Å². The van der Waals surface area contributed by atoms with Crippen LogP contribution in [0.5, 0.6) is 0 Å². The van der Waals surface area contributed by atoms with Gasteiger partial charge in [0, 0.05) is 0 Å². The highest BCUT2D eigenvalue weighted by Gasteiger charge is 2.30. The van der Waals surface area contributed by atoms with Gasteiger partial charge in [-0.3, -0.25) is 4.79 Å². The maximum atomic E-state index is 12.4. The molecule has 0 bridgehead atoms. The summed E-state index contributed by atoms with van der Waals surface area (Å²) in [6.07, 6.45) is 0.305. The van der Waals surface area contributed by atoms with E-state index >= 15 is 0 Å². The van der Waals surface area contributed by atoms with E-state index in [0.717, 1.165) is 5.56 Å². The number of rotatable bonds is 10. The number of hydrogen-bond acceptors (Lipinski definition) is 6. The van der Waals surface area contributed by atoms with Crippen LogP contribution in [0, 0.1) is 0 Å². The summed E-state index contributed by atoms with van der Waals surface area (Å²) in [4.78, 5) is 36.1. The molecule has 1 aromatic carbocycles. The minimum atomic E-state index is -1.29. The van der Waals surface area contributed by atoms with Crippen LogP contribution in [0.15, 0.2) is 43.0 Å². The van der Waals surface area contributed by atoms with E-state index in [9.17, 15) is 19.5 Å². The summed E-state index contributed by atoms with van der Waals surface area (Å²) in [6.45, 7) is 4.93. The third kappa shape index (κ3) is 7.91. The zero-order valence-electron chi connectivity index (χ0n) is 15.5. The Bertz CT molecular complexity index is 632. The summed E-state index contributed by atoms with van der Waals surface area (Å²) in [7, 11) is 1.21. The Morgan fingerprint density at radius 2 is 1.89 bits per heavy atom. The van der Waals surface area contributed by atoms with E-state index in [1.807, 2.05) is 6.07 Å². The number of aliphatic hydroxyl groups is 1. The van der Waals surface area contributed by atoms with Gasteiger partial charge in [0.1, 0.15) is 18.7 Å². The van der Waals surface area contributed by atoms with E-state index in [4.69, 9.17) is 4.74 Å². The first kappa shape index (κ1) is 22.2. The molecule has 0 spiro atoms. The number of aliphatic hydroxyl groups excluding tert-OH is 1. The molecule has 0 unspecified atom stereocenters. The fraction of sp³-hybridized carbons (Fsp3) is 0.421. The Labute approximate surface area is 158 Å². The number of methoxy groups -OCH3 is 1. The van der Waals surface area contributed by atoms with Crippen molar-refractivity contribution in [1.82, 2.24) is 10.6 Å². The van der Waals surface area contributed by atoms with Crippen molar-refractivity contribution in [2.24, 2.45) is 0 Å². The molecule has 2 amide bonds. The van der Waals surface area contributed by atoms with Crippen molar-refractivity contribution in [2.45, 2.75) is 44.6 Å². The average Bonchev–Trinajstić information content (AvgIpc) is 2.67. The third-order valence-electron chi connectivity index (χ3n) is 3.71. The van der Waals surface area contributed by atoms with Crippen molar-refractivity contribution < 1.29 is 29.0 Å². The molecular formula is C19H26N2O6. The molecule has 0 aliphatic rings. The van der Waals surface area contributed by atoms with Crippen LogP contribution in [0.3, 0.4) is 0 Å². The van der Waals surface area contributed by atoms with Crippen molar-refractivity contribution in [3.05, 3.63) is 48.6 Å². The standard InChI is InChI=1S/C19H26N2O6/c1-4-5-11-15(18(24)26-3)20-17(23)16(13(2)22)21-19(25)27-12-14-9-7-6-8-10-14/h4,6-10,13,15-16,22H,1,5,11-12H2,2-3H3,(H,20,23)(H,21,25)/t13-,15-,16+/m1/s1. The normalized spacial score (nSPS) is 13.6. The molecule has 1 aromatic rings. The summed E-state index contributed by atoms with van der Waals surface area (Å²) < 4.78 is 9.71. The number of esters is 1. The Morgan fingerprint density at radius 1 is 1.22 bits per heavy atom. The number of ether oxygens (including phenoxy) is 2. The summed E-state index contributed by atoms with van der Waals surface area (Å²) in [5.74, 6) is -1.35. The second kappa shape index (κ2) is 11.7. The summed E-state index contributed by atoms with van der Waals surface area (Å²) in [6, 6.07) is 6.81. The van der Waals surface area contributed by atoms with Gasteiger partial charge in [-0.1, -0.05) is 36.4 Å². The highest BCUT2D eigenvalue weighted by atomic mass is 16.5. The first-order valence-electron chi connectivity index (χ1n) is 8.53. The zero-order valence-corrected chi connectivity index (χ0v) is 15.5. The van der Waals surface area contributed by atoms with E-state index in [0.29, 0.717) is 6.42 Å². The van der Waals surface area contributed by atoms with Gasteiger partial charge in [-0.05, 0) is 25.3 Å². The molecule has 0 saturated heterocycles. The van der Waals surface area contributed by atoms with E-state index < -0.39 is 36.2 Å². The van der Waals surface area contributed by atoms with Crippen LogP contribution in [-0.2, 0) is 25.7 Å². The number of carbonyl (C=O) groups is 3. The molecule has 0 aliphatic heterocycles. The molecule has 0 radical (unpaired) electrons. The molecule has 27 heavy (non-hydrogen) atoms. The molecule has 8 nitrogen and oxygen atoms in total. The summed E-state index contributed by atoms with van der Waals surface area (Å²) in [5, 5.41) is 14.6. The van der Waals surface area contributed by atoms with E-state index in [-0.39, 0.29) is 13.0 Å². The molecule has 0 heterocycles. The smallest absolute Gasteiger partial charge is 0.408 e. The second-order valence-corrected chi connectivity index (χ2v) is 5.87. The number of hydrogen-bond donors (Lipinski definition) is 3. The molecule has 0 fully saturated rings. The minimum absolute atomic E-state index is 0.0188. The molecular weight excluding hydrogens is 352 g/mol. The fourth-order valence-electron chi connectivity index (χ4n) is 2.23. The highest BCUT2D eigenvalue weighted by molar-refractivity contribution is 5.90. The molecule has 0 aromatic heterocycles. The van der Waals surface area contributed by atoms with Gasteiger partial charge in [-0.2, -0.15) is 0 Å². The van der Waals surface area contributed by atoms with Crippen LogP contribution in [-0.4, -0.2) is 48.4 Å². The van der Waals surface area contributed by atoms with Gasteiger partial charge in [0.15, 0.2) is 0 Å². The monoisotopic (exact) mass is 378 g/mol. The van der Waals surface area contributed by atoms with E-state index in [2.05, 4.69) is 21.9 Å². The van der Waals surface area contributed by atoms with Crippen LogP contribution in [0.4, 0.5) is 4.79 Å². The Morgan fingerprint density at radius 3 is 2.44 bits per heavy atom. The van der Waals surface area contributed by atoms with Gasteiger partial charge in [0.05, 0.1) is 13.2 Å². The summed E-state index contributed by atoms with van der Waals surface area (Å²) >= 11 is 0. The van der Waals surface area contributed by atoms with Crippen molar-refractivity contribution >= 4 is 18.0 Å². The average molecular weight is 378 g/mol. The molecule has 0 saturated carbocycles. The number of alkyl carbamates (subject to hydrolysis) is 1. The van der Waals surface area contributed by atoms with Gasteiger partial charge in [-0.15, -0.1) is 6.58 Å². The van der Waals surface area contributed by atoms with Crippen LogP contribution < -0.4 is 10.6 Å². The topological polar surface area (TPSA) is 114 Å². The fourth-order valence-corrected chi connectivity index (χ4v) is 2.23. The first-order chi connectivity index (χ1) is 12.9. The number of amides is 2. The van der Waals surface area contributed by atoms with Gasteiger partial charge in [0.25, 0.3) is 0 Å². The van der Waals surface area contributed by atoms with Gasteiger partial charge in [-0.25, -0.2) is 9.59 Å². The third-order valence-corrected chi connectivity index (χ3v) is 3.71. The van der Waals surface area contributed by atoms with Gasteiger partial charge < -0.3 is 25.2 Å². The van der Waals surface area contributed by atoms with Crippen molar-refractivity contribution in [2.75, 3.05) is 7.11 Å². The Kier molecular flexibility index (Phi) is 9.60. The van der Waals surface area contributed by atoms with E-state index in [1.165, 1.54) is 14.0 Å². The minimum Gasteiger partial charge on any atom is -0.467 e. The molecule has 8 heteroatoms. The van der Waals surface area contributed by atoms with Crippen LogP contribution in [0.25, 0.3) is 0 Å². The van der Waals surface area contributed by atoms with E-state index in [1.54, 1.807) is 30.3 Å². The Balaban J connectivity index is 2.66. The first-order valence-corrected chi connectivity index (χ1v) is 8.53. The number of benzene rings is 1. The molecule has 148 valence electrons. The Hall–Kier alpha value is -2.87. The maximum absolute atomic E-state index is 12.4.